The molecule has 16 heavy (non-hydrogen) atoms. The minimum Gasteiger partial charge on any atom is -0.448 e. The molecule has 0 bridgehead atoms. The first-order valence-corrected chi connectivity index (χ1v) is 5.52. The number of ether oxygens (including phenoxy) is 1. The Labute approximate surface area is 95.0 Å². The molecule has 2 rings (SSSR count). The number of hydrogen-bond donors (Lipinski definition) is 1. The number of aryl methyl sites for hydroxylation is 1. The van der Waals surface area contributed by atoms with E-state index in [0.29, 0.717) is 6.61 Å². The number of cyclic esters (lactones) is 1. The number of nitrogens with zero attached hydrogens (tertiary/aromatic N) is 1. The zero-order chi connectivity index (χ0) is 11.4. The van der Waals surface area contributed by atoms with Gasteiger partial charge in [0.25, 0.3) is 0 Å². The van der Waals surface area contributed by atoms with E-state index in [1.165, 1.54) is 5.56 Å². The summed E-state index contributed by atoms with van der Waals surface area (Å²) in [6, 6.07) is 7.86. The number of carbonyl (C=O) groups excluding carboxylic acids is 1. The first-order valence-electron chi connectivity index (χ1n) is 5.52. The zero-order valence-electron chi connectivity index (χ0n) is 9.19. The molecule has 1 saturated heterocycles. The number of carbonyl (C=O) groups is 1. The van der Waals surface area contributed by atoms with Gasteiger partial charge in [-0.05, 0) is 30.5 Å². The summed E-state index contributed by atoms with van der Waals surface area (Å²) >= 11 is 0. The largest absolute Gasteiger partial charge is 0.448 e. The smallest absolute Gasteiger partial charge is 0.409 e. The maximum atomic E-state index is 11.1. The van der Waals surface area contributed by atoms with Gasteiger partial charge in [-0.1, -0.05) is 12.1 Å². The standard InChI is InChI=1S/C12H16N2O2/c13-11-5-3-10(4-6-11)2-1-7-14-8-9-16-12(14)15/h3-6H,1-2,7-9,13H2. The lowest BCUT2D eigenvalue weighted by Gasteiger charge is -2.11. The number of anilines is 1. The van der Waals surface area contributed by atoms with Crippen molar-refractivity contribution in [3.8, 4) is 0 Å². The summed E-state index contributed by atoms with van der Waals surface area (Å²) in [5.41, 5.74) is 7.64. The van der Waals surface area contributed by atoms with Crippen LogP contribution >= 0.6 is 0 Å². The molecule has 0 aliphatic carbocycles. The third kappa shape index (κ3) is 2.66. The van der Waals surface area contributed by atoms with Crippen LogP contribution in [0.25, 0.3) is 0 Å². The second-order valence-corrected chi connectivity index (χ2v) is 3.95. The van der Waals surface area contributed by atoms with Crippen LogP contribution in [0.15, 0.2) is 24.3 Å². The fraction of sp³-hybridized carbons (Fsp3) is 0.417. The molecule has 2 N–H and O–H groups in total. The fourth-order valence-electron chi connectivity index (χ4n) is 1.79. The molecule has 1 aliphatic heterocycles. The summed E-state index contributed by atoms with van der Waals surface area (Å²) in [4.78, 5) is 12.9. The highest BCUT2D eigenvalue weighted by molar-refractivity contribution is 5.69. The van der Waals surface area contributed by atoms with Crippen molar-refractivity contribution in [1.82, 2.24) is 4.90 Å². The van der Waals surface area contributed by atoms with Crippen LogP contribution in [0.2, 0.25) is 0 Å². The lowest BCUT2D eigenvalue weighted by atomic mass is 10.1. The Kier molecular flexibility index (Phi) is 3.29. The second-order valence-electron chi connectivity index (χ2n) is 3.95. The van der Waals surface area contributed by atoms with Gasteiger partial charge in [0, 0.05) is 12.2 Å². The summed E-state index contributed by atoms with van der Waals surface area (Å²) in [7, 11) is 0. The Morgan fingerprint density at radius 2 is 2.06 bits per heavy atom. The number of nitrogen functional groups attached to an aromatic ring is 1. The SMILES string of the molecule is Nc1ccc(CCCN2CCOC2=O)cc1. The average molecular weight is 220 g/mol. The fourth-order valence-corrected chi connectivity index (χ4v) is 1.79. The van der Waals surface area contributed by atoms with E-state index >= 15 is 0 Å². The Morgan fingerprint density at radius 1 is 1.31 bits per heavy atom. The van der Waals surface area contributed by atoms with Gasteiger partial charge in [-0.3, -0.25) is 0 Å². The van der Waals surface area contributed by atoms with Gasteiger partial charge < -0.3 is 15.4 Å². The highest BCUT2D eigenvalue weighted by Gasteiger charge is 2.20. The van der Waals surface area contributed by atoms with E-state index in [-0.39, 0.29) is 6.09 Å². The minimum atomic E-state index is -0.183. The summed E-state index contributed by atoms with van der Waals surface area (Å²) < 4.78 is 4.85. The van der Waals surface area contributed by atoms with Gasteiger partial charge in [0.05, 0.1) is 6.54 Å². The number of rotatable bonds is 4. The monoisotopic (exact) mass is 220 g/mol. The molecule has 0 unspecified atom stereocenters. The molecule has 1 aromatic rings. The van der Waals surface area contributed by atoms with Crippen LogP contribution < -0.4 is 5.73 Å². The van der Waals surface area contributed by atoms with Gasteiger partial charge in [-0.15, -0.1) is 0 Å². The molecule has 1 aromatic carbocycles. The van der Waals surface area contributed by atoms with Crippen LogP contribution in [0, 0.1) is 0 Å². The van der Waals surface area contributed by atoms with E-state index in [9.17, 15) is 4.79 Å². The van der Waals surface area contributed by atoms with Gasteiger partial charge in [-0.25, -0.2) is 4.79 Å². The molecule has 1 fully saturated rings. The van der Waals surface area contributed by atoms with E-state index in [4.69, 9.17) is 10.5 Å². The Hall–Kier alpha value is -1.71. The average Bonchev–Trinajstić information content (AvgIpc) is 2.68. The Morgan fingerprint density at radius 3 is 2.69 bits per heavy atom. The quantitative estimate of drug-likeness (QED) is 0.785. The molecular formula is C12H16N2O2. The molecule has 0 saturated carbocycles. The van der Waals surface area contributed by atoms with Crippen molar-refractivity contribution in [3.63, 3.8) is 0 Å². The summed E-state index contributed by atoms with van der Waals surface area (Å²) in [5.74, 6) is 0. The number of nitrogens with two attached hydrogens (primary N) is 1. The molecule has 0 radical (unpaired) electrons. The van der Waals surface area contributed by atoms with Crippen molar-refractivity contribution in [2.75, 3.05) is 25.4 Å². The first-order chi connectivity index (χ1) is 7.75. The van der Waals surface area contributed by atoms with E-state index < -0.39 is 0 Å². The lowest BCUT2D eigenvalue weighted by Crippen LogP contribution is -2.25. The predicted molar refractivity (Wildman–Crippen MR) is 62.1 cm³/mol. The number of hydrogen-bond acceptors (Lipinski definition) is 3. The van der Waals surface area contributed by atoms with E-state index in [1.807, 2.05) is 24.3 Å². The van der Waals surface area contributed by atoms with Crippen molar-refractivity contribution >= 4 is 11.8 Å². The highest BCUT2D eigenvalue weighted by atomic mass is 16.6. The normalized spacial score (nSPS) is 15.2. The highest BCUT2D eigenvalue weighted by Crippen LogP contribution is 2.09. The van der Waals surface area contributed by atoms with Crippen molar-refractivity contribution < 1.29 is 9.53 Å². The molecule has 1 aliphatic rings. The molecule has 86 valence electrons. The lowest BCUT2D eigenvalue weighted by molar-refractivity contribution is 0.158. The summed E-state index contributed by atoms with van der Waals surface area (Å²) in [6.07, 6.45) is 1.74. The van der Waals surface area contributed by atoms with E-state index in [0.717, 1.165) is 31.6 Å². The maximum Gasteiger partial charge on any atom is 0.409 e. The summed E-state index contributed by atoms with van der Waals surface area (Å²) in [6.45, 7) is 2.02. The van der Waals surface area contributed by atoms with Crippen molar-refractivity contribution in [1.29, 1.82) is 0 Å². The van der Waals surface area contributed by atoms with Crippen LogP contribution in [0.5, 0.6) is 0 Å². The molecule has 0 spiro atoms. The van der Waals surface area contributed by atoms with Gasteiger partial charge in [-0.2, -0.15) is 0 Å². The van der Waals surface area contributed by atoms with Gasteiger partial charge >= 0.3 is 6.09 Å². The molecule has 4 heteroatoms. The van der Waals surface area contributed by atoms with Crippen molar-refractivity contribution in [3.05, 3.63) is 29.8 Å². The summed E-state index contributed by atoms with van der Waals surface area (Å²) in [5, 5.41) is 0. The molecule has 0 atom stereocenters. The van der Waals surface area contributed by atoms with Crippen LogP contribution in [0.1, 0.15) is 12.0 Å². The zero-order valence-corrected chi connectivity index (χ0v) is 9.19. The van der Waals surface area contributed by atoms with Gasteiger partial charge in [0.2, 0.25) is 0 Å². The van der Waals surface area contributed by atoms with Gasteiger partial charge in [0.1, 0.15) is 6.61 Å². The Bertz CT molecular complexity index is 362. The van der Waals surface area contributed by atoms with E-state index in [2.05, 4.69) is 0 Å². The first kappa shape index (κ1) is 10.8. The second kappa shape index (κ2) is 4.88. The van der Waals surface area contributed by atoms with Crippen LogP contribution in [-0.4, -0.2) is 30.7 Å². The minimum absolute atomic E-state index is 0.183. The molecular weight excluding hydrogens is 204 g/mol. The maximum absolute atomic E-state index is 11.1. The van der Waals surface area contributed by atoms with Crippen LogP contribution in [0.3, 0.4) is 0 Å². The third-order valence-corrected chi connectivity index (χ3v) is 2.72. The molecule has 4 nitrogen and oxygen atoms in total. The molecule has 1 amide bonds. The van der Waals surface area contributed by atoms with Crippen molar-refractivity contribution in [2.24, 2.45) is 0 Å². The van der Waals surface area contributed by atoms with Crippen molar-refractivity contribution in [2.45, 2.75) is 12.8 Å². The molecule has 0 aromatic heterocycles. The Balaban J connectivity index is 1.75. The topological polar surface area (TPSA) is 55.6 Å². The molecule has 1 heterocycles. The van der Waals surface area contributed by atoms with E-state index in [1.54, 1.807) is 4.90 Å². The number of amides is 1. The van der Waals surface area contributed by atoms with Gasteiger partial charge in [0.15, 0.2) is 0 Å². The van der Waals surface area contributed by atoms with Crippen LogP contribution in [-0.2, 0) is 11.2 Å². The van der Waals surface area contributed by atoms with Crippen LogP contribution in [0.4, 0.5) is 10.5 Å². The third-order valence-electron chi connectivity index (χ3n) is 2.72. The number of benzene rings is 1. The predicted octanol–water partition coefficient (Wildman–Crippen LogP) is 1.65.